The normalized spacial score (nSPS) is 25.7. The van der Waals surface area contributed by atoms with E-state index in [-0.39, 0.29) is 11.8 Å². The van der Waals surface area contributed by atoms with Crippen LogP contribution in [-0.4, -0.2) is 17.9 Å². The molecule has 1 fully saturated rings. The highest BCUT2D eigenvalue weighted by Gasteiger charge is 2.38. The summed E-state index contributed by atoms with van der Waals surface area (Å²) in [5.41, 5.74) is 0.728. The zero-order valence-electron chi connectivity index (χ0n) is 7.25. The van der Waals surface area contributed by atoms with Gasteiger partial charge < -0.3 is 5.32 Å². The van der Waals surface area contributed by atoms with Crippen LogP contribution in [-0.2, 0) is 0 Å². The average molecular weight is 196 g/mol. The molecule has 0 unspecified atom stereocenters. The molecule has 2 atom stereocenters. The highest BCUT2D eigenvalue weighted by molar-refractivity contribution is 6.30. The van der Waals surface area contributed by atoms with Gasteiger partial charge in [-0.1, -0.05) is 11.6 Å². The van der Waals surface area contributed by atoms with Gasteiger partial charge in [0.05, 0.1) is 6.04 Å². The van der Waals surface area contributed by atoms with E-state index in [0.717, 1.165) is 5.56 Å². The van der Waals surface area contributed by atoms with E-state index in [0.29, 0.717) is 11.1 Å². The molecule has 0 radical (unpaired) electrons. The number of rotatable bonds is 2. The maximum Gasteiger partial charge on any atom is 0.181 e. The van der Waals surface area contributed by atoms with Crippen LogP contribution in [0.15, 0.2) is 24.3 Å². The summed E-state index contributed by atoms with van der Waals surface area (Å²) in [6, 6.07) is 7.34. The van der Waals surface area contributed by atoms with Crippen molar-refractivity contribution in [1.29, 1.82) is 0 Å². The first-order valence-electron chi connectivity index (χ1n) is 4.24. The number of Topliss-reactive ketones (excluding diaryl/α,β-unsaturated/α-hetero) is 1. The third-order valence-corrected chi connectivity index (χ3v) is 2.50. The Bertz CT molecular complexity index is 333. The van der Waals surface area contributed by atoms with Crippen LogP contribution in [0.5, 0.6) is 0 Å². The fourth-order valence-corrected chi connectivity index (χ4v) is 1.45. The third-order valence-electron chi connectivity index (χ3n) is 2.24. The van der Waals surface area contributed by atoms with E-state index >= 15 is 0 Å². The molecule has 13 heavy (non-hydrogen) atoms. The third kappa shape index (κ3) is 1.74. The van der Waals surface area contributed by atoms with Crippen molar-refractivity contribution in [3.8, 4) is 0 Å². The number of carbonyl (C=O) groups is 1. The molecule has 1 aliphatic heterocycles. The maximum absolute atomic E-state index is 11.6. The largest absolute Gasteiger partial charge is 0.301 e. The van der Waals surface area contributed by atoms with Crippen molar-refractivity contribution in [2.24, 2.45) is 0 Å². The predicted octanol–water partition coefficient (Wildman–Crippen LogP) is 1.88. The molecule has 0 bridgehead atoms. The molecule has 1 aromatic carbocycles. The first-order chi connectivity index (χ1) is 6.18. The molecule has 0 aliphatic carbocycles. The highest BCUT2D eigenvalue weighted by Crippen LogP contribution is 2.17. The van der Waals surface area contributed by atoms with E-state index in [1.807, 2.05) is 6.92 Å². The van der Waals surface area contributed by atoms with Gasteiger partial charge in [-0.25, -0.2) is 0 Å². The molecule has 2 nitrogen and oxygen atoms in total. The number of benzene rings is 1. The number of hydrogen-bond acceptors (Lipinski definition) is 2. The van der Waals surface area contributed by atoms with Crippen LogP contribution >= 0.6 is 11.6 Å². The smallest absolute Gasteiger partial charge is 0.181 e. The second kappa shape index (κ2) is 3.13. The molecule has 3 heteroatoms. The summed E-state index contributed by atoms with van der Waals surface area (Å²) >= 11 is 5.71. The molecule has 68 valence electrons. The second-order valence-corrected chi connectivity index (χ2v) is 3.74. The fraction of sp³-hybridized carbons (Fsp3) is 0.300. The van der Waals surface area contributed by atoms with Crippen molar-refractivity contribution < 1.29 is 4.79 Å². The van der Waals surface area contributed by atoms with Crippen LogP contribution < -0.4 is 5.32 Å². The molecule has 0 aromatic heterocycles. The Morgan fingerprint density at radius 1 is 1.38 bits per heavy atom. The Balaban J connectivity index is 2.17. The molecule has 1 heterocycles. The van der Waals surface area contributed by atoms with Crippen molar-refractivity contribution >= 4 is 17.4 Å². The van der Waals surface area contributed by atoms with Gasteiger partial charge in [0.1, 0.15) is 0 Å². The molecule has 2 rings (SSSR count). The van der Waals surface area contributed by atoms with Gasteiger partial charge >= 0.3 is 0 Å². The lowest BCUT2D eigenvalue weighted by atomic mass is 10.1. The molecular formula is C10H10ClNO. The van der Waals surface area contributed by atoms with Gasteiger partial charge in [-0.05, 0) is 31.2 Å². The summed E-state index contributed by atoms with van der Waals surface area (Å²) in [6.07, 6.45) is 0. The van der Waals surface area contributed by atoms with E-state index in [4.69, 9.17) is 11.6 Å². The van der Waals surface area contributed by atoms with Crippen LogP contribution in [0.1, 0.15) is 17.3 Å². The second-order valence-electron chi connectivity index (χ2n) is 3.30. The highest BCUT2D eigenvalue weighted by atomic mass is 35.5. The monoisotopic (exact) mass is 195 g/mol. The van der Waals surface area contributed by atoms with E-state index in [1.54, 1.807) is 24.3 Å². The molecule has 0 saturated carbocycles. The Morgan fingerprint density at radius 3 is 2.38 bits per heavy atom. The molecule has 1 aromatic rings. The van der Waals surface area contributed by atoms with Gasteiger partial charge in [0.2, 0.25) is 0 Å². The van der Waals surface area contributed by atoms with Crippen LogP contribution in [0, 0.1) is 0 Å². The van der Waals surface area contributed by atoms with Crippen LogP contribution in [0.2, 0.25) is 5.02 Å². The summed E-state index contributed by atoms with van der Waals surface area (Å²) in [5.74, 6) is 0.157. The molecule has 0 spiro atoms. The van der Waals surface area contributed by atoms with Crippen molar-refractivity contribution in [1.82, 2.24) is 5.32 Å². The van der Waals surface area contributed by atoms with Crippen LogP contribution in [0.25, 0.3) is 0 Å². The van der Waals surface area contributed by atoms with Gasteiger partial charge in [-0.3, -0.25) is 4.79 Å². The average Bonchev–Trinajstić information content (AvgIpc) is 2.83. The van der Waals surface area contributed by atoms with Crippen LogP contribution in [0.4, 0.5) is 0 Å². The summed E-state index contributed by atoms with van der Waals surface area (Å²) in [7, 11) is 0. The summed E-state index contributed by atoms with van der Waals surface area (Å²) < 4.78 is 0. The van der Waals surface area contributed by atoms with Gasteiger partial charge in [0, 0.05) is 16.6 Å². The number of ketones is 1. The van der Waals surface area contributed by atoms with Crippen LogP contribution in [0.3, 0.4) is 0 Å². The first kappa shape index (κ1) is 8.73. The van der Waals surface area contributed by atoms with Gasteiger partial charge in [0.25, 0.3) is 0 Å². The predicted molar refractivity (Wildman–Crippen MR) is 52.2 cm³/mol. The summed E-state index contributed by atoms with van der Waals surface area (Å²) in [6.45, 7) is 2.00. The van der Waals surface area contributed by atoms with E-state index in [1.165, 1.54) is 0 Å². The molecule has 0 amide bonds. The molecule has 1 aliphatic rings. The number of hydrogen-bond donors (Lipinski definition) is 1. The summed E-state index contributed by atoms with van der Waals surface area (Å²) in [5, 5.41) is 3.72. The molecular weight excluding hydrogens is 186 g/mol. The topological polar surface area (TPSA) is 39.0 Å². The van der Waals surface area contributed by atoms with E-state index in [9.17, 15) is 4.79 Å². The van der Waals surface area contributed by atoms with Crippen molar-refractivity contribution in [2.75, 3.05) is 0 Å². The maximum atomic E-state index is 11.6. The Hall–Kier alpha value is -0.860. The van der Waals surface area contributed by atoms with E-state index < -0.39 is 0 Å². The number of carbonyl (C=O) groups excluding carboxylic acids is 1. The Labute approximate surface area is 81.9 Å². The van der Waals surface area contributed by atoms with Crippen molar-refractivity contribution in [3.63, 3.8) is 0 Å². The van der Waals surface area contributed by atoms with Gasteiger partial charge in [-0.15, -0.1) is 0 Å². The van der Waals surface area contributed by atoms with Crippen molar-refractivity contribution in [2.45, 2.75) is 19.0 Å². The van der Waals surface area contributed by atoms with Gasteiger partial charge in [0.15, 0.2) is 5.78 Å². The van der Waals surface area contributed by atoms with Crippen molar-refractivity contribution in [3.05, 3.63) is 34.9 Å². The summed E-state index contributed by atoms with van der Waals surface area (Å²) in [4.78, 5) is 11.6. The fourth-order valence-electron chi connectivity index (χ4n) is 1.32. The minimum atomic E-state index is 0.0150. The Morgan fingerprint density at radius 2 is 1.92 bits per heavy atom. The Kier molecular flexibility index (Phi) is 2.10. The lowest BCUT2D eigenvalue weighted by Crippen LogP contribution is -2.10. The van der Waals surface area contributed by atoms with Gasteiger partial charge in [-0.2, -0.15) is 0 Å². The lowest BCUT2D eigenvalue weighted by molar-refractivity contribution is 0.0988. The quantitative estimate of drug-likeness (QED) is 0.578. The minimum absolute atomic E-state index is 0.0150. The number of nitrogens with one attached hydrogen (secondary N) is 1. The van der Waals surface area contributed by atoms with E-state index in [2.05, 4.69) is 5.32 Å². The molecule has 1 N–H and O–H groups in total. The molecule has 1 saturated heterocycles. The SMILES string of the molecule is C[C@H]1N[C@@H]1C(=O)c1ccc(Cl)cc1. The standard InChI is InChI=1S/C10H10ClNO/c1-6-9(12-6)10(13)7-2-4-8(11)5-3-7/h2-6,9,12H,1H3/t6-,9+/m1/s1. The zero-order valence-corrected chi connectivity index (χ0v) is 8.01. The lowest BCUT2D eigenvalue weighted by Gasteiger charge is -1.97. The zero-order chi connectivity index (χ0) is 9.42. The number of halogens is 1. The minimum Gasteiger partial charge on any atom is -0.301 e. The first-order valence-corrected chi connectivity index (χ1v) is 4.62.